The van der Waals surface area contributed by atoms with Crippen LogP contribution in [0.2, 0.25) is 0 Å². The second kappa shape index (κ2) is 4.80. The highest BCUT2D eigenvalue weighted by molar-refractivity contribution is 5.81. The number of hydrogen-bond acceptors (Lipinski definition) is 5. The number of hydrogen-bond donors (Lipinski definition) is 0. The maximum atomic E-state index is 12.8. The van der Waals surface area contributed by atoms with Crippen LogP contribution in [-0.2, 0) is 23.8 Å². The third-order valence-electron chi connectivity index (χ3n) is 8.18. The molecule has 3 saturated carbocycles. The van der Waals surface area contributed by atoms with E-state index in [0.29, 0.717) is 5.92 Å². The molecule has 2 aliphatic heterocycles. The van der Waals surface area contributed by atoms with Crippen LogP contribution < -0.4 is 0 Å². The van der Waals surface area contributed by atoms with Crippen LogP contribution in [0.3, 0.4) is 0 Å². The van der Waals surface area contributed by atoms with Gasteiger partial charge in [0.2, 0.25) is 6.29 Å². The van der Waals surface area contributed by atoms with E-state index in [9.17, 15) is 9.59 Å². The van der Waals surface area contributed by atoms with Gasteiger partial charge in [-0.3, -0.25) is 9.59 Å². The summed E-state index contributed by atoms with van der Waals surface area (Å²) in [7, 11) is 0. The average molecular weight is 346 g/mol. The molecule has 1 saturated heterocycles. The third kappa shape index (κ3) is 1.65. The van der Waals surface area contributed by atoms with Crippen LogP contribution in [0.5, 0.6) is 0 Å². The Bertz CT molecular complexity index is 684. The van der Waals surface area contributed by atoms with Crippen LogP contribution in [0.1, 0.15) is 52.9 Å². The summed E-state index contributed by atoms with van der Waals surface area (Å²) in [6.07, 6.45) is 5.72. The molecule has 4 fully saturated rings. The molecular weight excluding hydrogens is 320 g/mol. The zero-order chi connectivity index (χ0) is 17.6. The van der Waals surface area contributed by atoms with Gasteiger partial charge in [-0.2, -0.15) is 0 Å². The summed E-state index contributed by atoms with van der Waals surface area (Å²) in [5.41, 5.74) is 0.693. The molecule has 2 heterocycles. The van der Waals surface area contributed by atoms with Crippen LogP contribution in [0.25, 0.3) is 0 Å². The lowest BCUT2D eigenvalue weighted by atomic mass is 9.62. The van der Waals surface area contributed by atoms with E-state index in [1.165, 1.54) is 0 Å². The zero-order valence-electron chi connectivity index (χ0n) is 15.1. The molecule has 3 bridgehead atoms. The molecular formula is C20H26O5. The summed E-state index contributed by atoms with van der Waals surface area (Å²) in [6.45, 7) is 5.98. The monoisotopic (exact) mass is 346 g/mol. The average Bonchev–Trinajstić information content (AvgIpc) is 3.04. The molecule has 0 aromatic heterocycles. The van der Waals surface area contributed by atoms with E-state index in [-0.39, 0.29) is 46.6 Å². The van der Waals surface area contributed by atoms with Gasteiger partial charge in [-0.05, 0) is 50.9 Å². The quantitative estimate of drug-likeness (QED) is 0.735. The van der Waals surface area contributed by atoms with Gasteiger partial charge in [0.05, 0.1) is 17.6 Å². The lowest BCUT2D eigenvalue weighted by Gasteiger charge is -2.48. The van der Waals surface area contributed by atoms with Crippen molar-refractivity contribution in [2.75, 3.05) is 0 Å². The van der Waals surface area contributed by atoms with Crippen molar-refractivity contribution in [3.63, 3.8) is 0 Å². The van der Waals surface area contributed by atoms with Crippen molar-refractivity contribution in [3.05, 3.63) is 11.8 Å². The minimum atomic E-state index is -0.523. The van der Waals surface area contributed by atoms with Gasteiger partial charge >= 0.3 is 11.9 Å². The summed E-state index contributed by atoms with van der Waals surface area (Å²) >= 11 is 0. The van der Waals surface area contributed by atoms with E-state index in [0.717, 1.165) is 37.7 Å². The molecule has 3 aliphatic carbocycles. The summed E-state index contributed by atoms with van der Waals surface area (Å²) in [4.78, 5) is 25.1. The second-order valence-corrected chi connectivity index (χ2v) is 8.91. The number of ether oxygens (including phenoxy) is 3. The Morgan fingerprint density at radius 2 is 2.24 bits per heavy atom. The highest BCUT2D eigenvalue weighted by Gasteiger charge is 2.77. The Hall–Kier alpha value is -1.52. The lowest BCUT2D eigenvalue weighted by Crippen LogP contribution is -2.49. The van der Waals surface area contributed by atoms with Gasteiger partial charge in [0, 0.05) is 16.9 Å². The summed E-state index contributed by atoms with van der Waals surface area (Å²) in [6, 6.07) is 0. The summed E-state index contributed by atoms with van der Waals surface area (Å²) in [5.74, 6) is 0.482. The Labute approximate surface area is 148 Å². The van der Waals surface area contributed by atoms with E-state index in [4.69, 9.17) is 14.2 Å². The van der Waals surface area contributed by atoms with Crippen molar-refractivity contribution in [2.24, 2.45) is 34.5 Å². The minimum Gasteiger partial charge on any atom is -0.462 e. The first-order valence-corrected chi connectivity index (χ1v) is 9.70. The van der Waals surface area contributed by atoms with Gasteiger partial charge in [0.15, 0.2) is 0 Å². The molecule has 5 rings (SSSR count). The van der Waals surface area contributed by atoms with E-state index >= 15 is 0 Å². The maximum absolute atomic E-state index is 12.8. The Morgan fingerprint density at radius 1 is 1.44 bits per heavy atom. The Kier molecular flexibility index (Phi) is 3.02. The van der Waals surface area contributed by atoms with Crippen molar-refractivity contribution < 1.29 is 23.8 Å². The fraction of sp³-hybridized carbons (Fsp3) is 0.800. The normalized spacial score (nSPS) is 49.8. The van der Waals surface area contributed by atoms with E-state index < -0.39 is 6.29 Å². The van der Waals surface area contributed by atoms with Gasteiger partial charge in [-0.1, -0.05) is 13.8 Å². The van der Waals surface area contributed by atoms with Crippen LogP contribution in [-0.4, -0.2) is 24.3 Å². The van der Waals surface area contributed by atoms with Crippen LogP contribution >= 0.6 is 0 Å². The van der Waals surface area contributed by atoms with Crippen LogP contribution in [0.4, 0.5) is 0 Å². The molecule has 0 aromatic rings. The zero-order valence-corrected chi connectivity index (χ0v) is 15.1. The Morgan fingerprint density at radius 3 is 3.00 bits per heavy atom. The first kappa shape index (κ1) is 15.7. The van der Waals surface area contributed by atoms with Crippen molar-refractivity contribution in [3.8, 4) is 0 Å². The summed E-state index contributed by atoms with van der Waals surface area (Å²) in [5, 5.41) is 0. The summed E-state index contributed by atoms with van der Waals surface area (Å²) < 4.78 is 17.5. The van der Waals surface area contributed by atoms with Gasteiger partial charge in [-0.15, -0.1) is 0 Å². The molecule has 8 atom stereocenters. The minimum absolute atomic E-state index is 0.0280. The lowest BCUT2D eigenvalue weighted by molar-refractivity contribution is -0.198. The van der Waals surface area contributed by atoms with Gasteiger partial charge in [0.1, 0.15) is 6.10 Å². The molecule has 5 heteroatoms. The molecule has 1 spiro atoms. The molecule has 25 heavy (non-hydrogen) atoms. The van der Waals surface area contributed by atoms with Crippen LogP contribution in [0, 0.1) is 34.5 Å². The van der Waals surface area contributed by atoms with Crippen molar-refractivity contribution in [1.29, 1.82) is 0 Å². The number of fused-ring (bicyclic) bond motifs is 3. The topological polar surface area (TPSA) is 61.8 Å². The molecule has 0 radical (unpaired) electrons. The fourth-order valence-electron chi connectivity index (χ4n) is 6.68. The highest BCUT2D eigenvalue weighted by Crippen LogP contribution is 2.76. The van der Waals surface area contributed by atoms with Gasteiger partial charge in [-0.25, -0.2) is 0 Å². The molecule has 136 valence electrons. The first-order chi connectivity index (χ1) is 11.9. The molecule has 0 amide bonds. The largest absolute Gasteiger partial charge is 0.462 e. The molecule has 5 nitrogen and oxygen atoms in total. The third-order valence-corrected chi connectivity index (χ3v) is 8.18. The predicted molar refractivity (Wildman–Crippen MR) is 87.9 cm³/mol. The van der Waals surface area contributed by atoms with Gasteiger partial charge < -0.3 is 14.2 Å². The molecule has 5 aliphatic rings. The smallest absolute Gasteiger partial charge is 0.312 e. The standard InChI is InChI=1S/C20H26O5/c1-4-10(2)16(21)25-17-12-5-6-15-19(3)11-7-14(24-18(19)22)13(9-23-17)20(12,15)8-11/h9-12,14-15,17H,4-8H2,1-3H3/t10-,11+,12+,14-,15+,17-,19+,20-/m0/s1. The number of carbonyl (C=O) groups excluding carboxylic acids is 2. The molecule has 0 N–H and O–H groups in total. The van der Waals surface area contributed by atoms with E-state index in [1.54, 1.807) is 6.26 Å². The SMILES string of the molecule is CC[C@H](C)C(=O)O[C@@H]1OC=C2[C@@H]3C[C@@H]4C[C@]25[C@@H]1CC[C@@H]5[C@]4(C)C(=O)O3. The van der Waals surface area contributed by atoms with Gasteiger partial charge in [0.25, 0.3) is 0 Å². The number of carbonyl (C=O) groups is 2. The Balaban J connectivity index is 1.54. The number of esters is 2. The van der Waals surface area contributed by atoms with E-state index in [2.05, 4.69) is 6.92 Å². The first-order valence-electron chi connectivity index (χ1n) is 9.70. The number of rotatable bonds is 3. The predicted octanol–water partition coefficient (Wildman–Crippen LogP) is 3.18. The molecule has 0 aromatic carbocycles. The van der Waals surface area contributed by atoms with Crippen LogP contribution in [0.15, 0.2) is 11.8 Å². The van der Waals surface area contributed by atoms with E-state index in [1.807, 2.05) is 13.8 Å². The highest BCUT2D eigenvalue weighted by atomic mass is 16.7. The second-order valence-electron chi connectivity index (χ2n) is 8.91. The maximum Gasteiger partial charge on any atom is 0.312 e. The van der Waals surface area contributed by atoms with Crippen molar-refractivity contribution >= 4 is 11.9 Å². The molecule has 0 unspecified atom stereocenters. The van der Waals surface area contributed by atoms with Crippen molar-refractivity contribution in [2.45, 2.75) is 65.3 Å². The van der Waals surface area contributed by atoms with Crippen molar-refractivity contribution in [1.82, 2.24) is 0 Å². The fourth-order valence-corrected chi connectivity index (χ4v) is 6.68.